The van der Waals surface area contributed by atoms with Gasteiger partial charge in [-0.1, -0.05) is 26.8 Å². The topological polar surface area (TPSA) is 50.7 Å². The van der Waals surface area contributed by atoms with Gasteiger partial charge < -0.3 is 10.1 Å². The van der Waals surface area contributed by atoms with Crippen molar-refractivity contribution in [1.82, 2.24) is 5.32 Å². The lowest BCUT2D eigenvalue weighted by Gasteiger charge is -2.26. The zero-order valence-corrected chi connectivity index (χ0v) is 14.5. The first-order chi connectivity index (χ1) is 10.2. The maximum Gasteiger partial charge on any atom is 0.308 e. The predicted octanol–water partition coefficient (Wildman–Crippen LogP) is 3.07. The smallest absolute Gasteiger partial charge is 0.308 e. The number of hydrogen-bond acceptors (Lipinski definition) is 4. The number of nitrogens with zero attached hydrogens (tertiary/aromatic N) is 1. The molecule has 0 aromatic heterocycles. The number of aryl methyl sites for hydroxylation is 1. The average Bonchev–Trinajstić information content (AvgIpc) is 2.89. The first-order valence-corrected chi connectivity index (χ1v) is 7.79. The van der Waals surface area contributed by atoms with Crippen molar-refractivity contribution in [2.45, 2.75) is 53.4 Å². The molecule has 0 radical (unpaired) electrons. The van der Waals surface area contributed by atoms with Crippen LogP contribution in [0.25, 0.3) is 0 Å². The first kappa shape index (κ1) is 16.5. The molecular formula is C18H26N2O2. The van der Waals surface area contributed by atoms with E-state index in [0.717, 1.165) is 36.5 Å². The fourth-order valence-corrected chi connectivity index (χ4v) is 2.84. The molecule has 2 rings (SSSR count). The molecule has 1 N–H and O–H groups in total. The van der Waals surface area contributed by atoms with Crippen LogP contribution in [-0.2, 0) is 16.6 Å². The lowest BCUT2D eigenvalue weighted by atomic mass is 9.82. The molecule has 1 heterocycles. The van der Waals surface area contributed by atoms with Crippen molar-refractivity contribution in [3.63, 3.8) is 0 Å². The summed E-state index contributed by atoms with van der Waals surface area (Å²) < 4.78 is 5.56. The lowest BCUT2D eigenvalue weighted by Crippen LogP contribution is -2.23. The largest absolute Gasteiger partial charge is 0.426 e. The normalized spacial score (nSPS) is 14.5. The van der Waals surface area contributed by atoms with Crippen LogP contribution >= 0.6 is 0 Å². The van der Waals surface area contributed by atoms with E-state index < -0.39 is 0 Å². The third-order valence-electron chi connectivity index (χ3n) is 4.02. The summed E-state index contributed by atoms with van der Waals surface area (Å²) in [5.74, 6) is 1.45. The summed E-state index contributed by atoms with van der Waals surface area (Å²) in [6, 6.07) is 2.15. The monoisotopic (exact) mass is 302 g/mol. The maximum atomic E-state index is 11.5. The Morgan fingerprint density at radius 1 is 1.36 bits per heavy atom. The molecule has 0 saturated heterocycles. The van der Waals surface area contributed by atoms with Gasteiger partial charge in [0.25, 0.3) is 0 Å². The third kappa shape index (κ3) is 3.49. The maximum absolute atomic E-state index is 11.5. The van der Waals surface area contributed by atoms with E-state index in [1.165, 1.54) is 18.1 Å². The Balaban J connectivity index is 2.53. The van der Waals surface area contributed by atoms with Gasteiger partial charge in [-0.2, -0.15) is 0 Å². The van der Waals surface area contributed by atoms with Gasteiger partial charge in [-0.3, -0.25) is 9.79 Å². The number of carbonyl (C=O) groups is 1. The van der Waals surface area contributed by atoms with Crippen molar-refractivity contribution in [1.29, 1.82) is 0 Å². The number of ether oxygens (including phenoxy) is 1. The number of carbonyl (C=O) groups excluding carboxylic acids is 1. The first-order valence-electron chi connectivity index (χ1n) is 7.79. The van der Waals surface area contributed by atoms with Crippen molar-refractivity contribution < 1.29 is 9.53 Å². The highest BCUT2D eigenvalue weighted by atomic mass is 16.5. The zero-order chi connectivity index (χ0) is 16.5. The van der Waals surface area contributed by atoms with Gasteiger partial charge in [-0.15, -0.1) is 0 Å². The molecule has 0 spiro atoms. The molecule has 1 aliphatic rings. The van der Waals surface area contributed by atoms with Crippen molar-refractivity contribution in [2.75, 3.05) is 13.1 Å². The van der Waals surface area contributed by atoms with Crippen LogP contribution in [0, 0.1) is 13.8 Å². The molecule has 0 amide bonds. The van der Waals surface area contributed by atoms with Gasteiger partial charge in [0.2, 0.25) is 0 Å². The summed E-state index contributed by atoms with van der Waals surface area (Å²) >= 11 is 0. The Morgan fingerprint density at radius 2 is 2.05 bits per heavy atom. The van der Waals surface area contributed by atoms with Crippen LogP contribution in [0.4, 0.5) is 0 Å². The molecule has 0 bridgehead atoms. The molecule has 4 heteroatoms. The molecule has 1 aromatic rings. The van der Waals surface area contributed by atoms with Crippen LogP contribution in [0.15, 0.2) is 11.1 Å². The highest BCUT2D eigenvalue weighted by molar-refractivity contribution is 5.86. The third-order valence-corrected chi connectivity index (χ3v) is 4.02. The van der Waals surface area contributed by atoms with Gasteiger partial charge in [-0.05, 0) is 36.0 Å². The van der Waals surface area contributed by atoms with E-state index in [2.05, 4.69) is 44.1 Å². The van der Waals surface area contributed by atoms with Crippen LogP contribution in [0.3, 0.4) is 0 Å². The van der Waals surface area contributed by atoms with Crippen molar-refractivity contribution >= 4 is 11.8 Å². The van der Waals surface area contributed by atoms with Crippen molar-refractivity contribution in [2.24, 2.45) is 4.99 Å². The van der Waals surface area contributed by atoms with Crippen LogP contribution in [0.2, 0.25) is 0 Å². The highest BCUT2D eigenvalue weighted by Crippen LogP contribution is 2.37. The van der Waals surface area contributed by atoms with Crippen molar-refractivity contribution in [3.05, 3.63) is 28.3 Å². The number of aliphatic imine (C=N–C) groups is 1. The summed E-state index contributed by atoms with van der Waals surface area (Å²) in [6.45, 7) is 13.8. The van der Waals surface area contributed by atoms with E-state index in [-0.39, 0.29) is 11.4 Å². The molecule has 0 saturated carbocycles. The number of rotatable bonds is 3. The fourth-order valence-electron chi connectivity index (χ4n) is 2.84. The van der Waals surface area contributed by atoms with E-state index in [1.54, 1.807) is 0 Å². The summed E-state index contributed by atoms with van der Waals surface area (Å²) in [6.07, 6.45) is 0.760. The van der Waals surface area contributed by atoms with Gasteiger partial charge in [0.15, 0.2) is 0 Å². The molecule has 22 heavy (non-hydrogen) atoms. The SMILES string of the molecule is CC(=O)Oc1c(C(C)(C)C)cc(C)c(CC2=NCCN2)c1C. The number of benzene rings is 1. The minimum absolute atomic E-state index is 0.0814. The van der Waals surface area contributed by atoms with E-state index >= 15 is 0 Å². The molecule has 1 aromatic carbocycles. The number of hydrogen-bond donors (Lipinski definition) is 1. The summed E-state index contributed by atoms with van der Waals surface area (Å²) in [5, 5.41) is 3.31. The Morgan fingerprint density at radius 3 is 2.55 bits per heavy atom. The van der Waals surface area contributed by atoms with Crippen molar-refractivity contribution in [3.8, 4) is 5.75 Å². The van der Waals surface area contributed by atoms with Crippen LogP contribution in [-0.4, -0.2) is 24.9 Å². The Kier molecular flexibility index (Phi) is 4.59. The zero-order valence-electron chi connectivity index (χ0n) is 14.5. The molecule has 120 valence electrons. The van der Waals surface area contributed by atoms with Gasteiger partial charge in [-0.25, -0.2) is 0 Å². The quantitative estimate of drug-likeness (QED) is 0.689. The highest BCUT2D eigenvalue weighted by Gasteiger charge is 2.25. The molecule has 0 aliphatic carbocycles. The van der Waals surface area contributed by atoms with Gasteiger partial charge >= 0.3 is 5.97 Å². The molecule has 1 aliphatic heterocycles. The number of amidine groups is 1. The summed E-state index contributed by atoms with van der Waals surface area (Å²) in [5.41, 5.74) is 4.44. The second kappa shape index (κ2) is 6.11. The van der Waals surface area contributed by atoms with Gasteiger partial charge in [0.1, 0.15) is 11.6 Å². The summed E-state index contributed by atoms with van der Waals surface area (Å²) in [4.78, 5) is 16.0. The van der Waals surface area contributed by atoms with E-state index in [9.17, 15) is 4.79 Å². The van der Waals surface area contributed by atoms with Gasteiger partial charge in [0, 0.05) is 25.5 Å². The Bertz CT molecular complexity index is 625. The minimum atomic E-state index is -0.278. The Labute approximate surface area is 133 Å². The molecule has 0 fully saturated rings. The molecular weight excluding hydrogens is 276 g/mol. The van der Waals surface area contributed by atoms with Gasteiger partial charge in [0.05, 0.1) is 6.54 Å². The second-order valence-electron chi connectivity index (χ2n) is 6.95. The second-order valence-corrected chi connectivity index (χ2v) is 6.95. The van der Waals surface area contributed by atoms with E-state index in [0.29, 0.717) is 5.75 Å². The van der Waals surface area contributed by atoms with Crippen LogP contribution in [0.1, 0.15) is 49.9 Å². The average molecular weight is 302 g/mol. The van der Waals surface area contributed by atoms with Crippen LogP contribution < -0.4 is 10.1 Å². The molecule has 0 unspecified atom stereocenters. The number of nitrogens with one attached hydrogen (secondary N) is 1. The van der Waals surface area contributed by atoms with Crippen LogP contribution in [0.5, 0.6) is 5.75 Å². The fraction of sp³-hybridized carbons (Fsp3) is 0.556. The minimum Gasteiger partial charge on any atom is -0.426 e. The standard InChI is InChI=1S/C18H26N2O2/c1-11-9-15(18(4,5)6)17(22-13(3)21)12(2)14(11)10-16-19-7-8-20-16/h9H,7-8,10H2,1-6H3,(H,19,20). The predicted molar refractivity (Wildman–Crippen MR) is 89.9 cm³/mol. The molecule has 4 nitrogen and oxygen atoms in total. The van der Waals surface area contributed by atoms with E-state index in [1.807, 2.05) is 6.92 Å². The summed E-state index contributed by atoms with van der Waals surface area (Å²) in [7, 11) is 0. The van der Waals surface area contributed by atoms with E-state index in [4.69, 9.17) is 4.74 Å². The Hall–Kier alpha value is -1.84. The number of esters is 1. The lowest BCUT2D eigenvalue weighted by molar-refractivity contribution is -0.132. The molecule has 0 atom stereocenters.